The van der Waals surface area contributed by atoms with E-state index in [1.165, 1.54) is 33.4 Å². The van der Waals surface area contributed by atoms with Crippen LogP contribution in [0, 0.1) is 0 Å². The van der Waals surface area contributed by atoms with Gasteiger partial charge in [-0.25, -0.2) is 0 Å². The molecule has 0 amide bonds. The summed E-state index contributed by atoms with van der Waals surface area (Å²) in [6, 6.07) is 32.6. The van der Waals surface area contributed by atoms with Crippen molar-refractivity contribution in [3.05, 3.63) is 148 Å². The van der Waals surface area contributed by atoms with Gasteiger partial charge in [0.2, 0.25) is 0 Å². The maximum absolute atomic E-state index is 2.62. The van der Waals surface area contributed by atoms with Gasteiger partial charge in [0.05, 0.1) is 0 Å². The standard InChI is InChI=1S/C29H35.C13H10.Zr/c1-8-11-20-17-24-23-15-14-22(28(2,3)4)16-21(23)18-25(24)26(19-12-9-10-13-19)27(20)29(5,6)7;1-3-7-12(8-4-1)11-13-9-5-2-6-10-13;/h9-10,12,14-18H,8,11,13H2,1-7H3;1-10H;. The van der Waals surface area contributed by atoms with Crippen molar-refractivity contribution in [1.29, 1.82) is 0 Å². The Morgan fingerprint density at radius 3 is 1.95 bits per heavy atom. The minimum atomic E-state index is -1.24. The second-order valence-corrected chi connectivity index (χ2v) is 17.7. The van der Waals surface area contributed by atoms with E-state index in [0.717, 1.165) is 19.3 Å². The molecule has 0 bridgehead atoms. The van der Waals surface area contributed by atoms with Gasteiger partial charge in [0.1, 0.15) is 0 Å². The Morgan fingerprint density at radius 2 is 1.42 bits per heavy atom. The number of benzene rings is 4. The zero-order chi connectivity index (χ0) is 30.4. The molecular formula is C42H45Zr. The van der Waals surface area contributed by atoms with E-state index in [-0.39, 0.29) is 10.8 Å². The summed E-state index contributed by atoms with van der Waals surface area (Å²) in [4.78, 5) is 0. The summed E-state index contributed by atoms with van der Waals surface area (Å²) in [5.74, 6) is 0. The van der Waals surface area contributed by atoms with E-state index in [1.807, 2.05) is 0 Å². The van der Waals surface area contributed by atoms with Gasteiger partial charge in [0.15, 0.2) is 0 Å². The van der Waals surface area contributed by atoms with Gasteiger partial charge >= 0.3 is 273 Å². The van der Waals surface area contributed by atoms with Gasteiger partial charge in [0.25, 0.3) is 0 Å². The molecule has 0 N–H and O–H groups in total. The predicted molar refractivity (Wildman–Crippen MR) is 183 cm³/mol. The third-order valence-electron chi connectivity index (χ3n) is 9.03. The van der Waals surface area contributed by atoms with E-state index in [9.17, 15) is 0 Å². The second kappa shape index (κ2) is 11.9. The Hall–Kier alpha value is -2.89. The first-order valence-corrected chi connectivity index (χ1v) is 18.7. The van der Waals surface area contributed by atoms with Crippen molar-refractivity contribution in [2.75, 3.05) is 0 Å². The molecule has 1 unspecified atom stereocenters. The zero-order valence-electron chi connectivity index (χ0n) is 27.0. The summed E-state index contributed by atoms with van der Waals surface area (Å²) < 4.78 is 2.04. The SMILES string of the molecule is CCCc1cc2c(c(C3=CC=CC3)c1C(C)(C)C)[CH]([Zr]=[C](c1ccccc1)c1ccccc1)c1cc(C(C)(C)C)ccc1-2. The Kier molecular flexibility index (Phi) is 8.34. The van der Waals surface area contributed by atoms with Crippen molar-refractivity contribution in [2.24, 2.45) is 0 Å². The van der Waals surface area contributed by atoms with Crippen molar-refractivity contribution in [1.82, 2.24) is 0 Å². The molecule has 217 valence electrons. The van der Waals surface area contributed by atoms with Gasteiger partial charge < -0.3 is 0 Å². The zero-order valence-corrected chi connectivity index (χ0v) is 29.5. The molecule has 1 heteroatoms. The van der Waals surface area contributed by atoms with Gasteiger partial charge in [-0.05, 0) is 0 Å². The first-order valence-electron chi connectivity index (χ1n) is 16.0. The summed E-state index contributed by atoms with van der Waals surface area (Å²) in [5, 5.41) is 0. The van der Waals surface area contributed by atoms with Crippen LogP contribution in [0.5, 0.6) is 0 Å². The fourth-order valence-electron chi connectivity index (χ4n) is 7.07. The molecular weight excluding hydrogens is 596 g/mol. The molecule has 0 radical (unpaired) electrons. The first kappa shape index (κ1) is 30.2. The van der Waals surface area contributed by atoms with E-state index in [2.05, 4.69) is 152 Å². The average molecular weight is 641 g/mol. The fourth-order valence-corrected chi connectivity index (χ4v) is 11.5. The summed E-state index contributed by atoms with van der Waals surface area (Å²) in [7, 11) is 0. The van der Waals surface area contributed by atoms with Crippen LogP contribution in [0.2, 0.25) is 0 Å². The maximum atomic E-state index is 2.62. The van der Waals surface area contributed by atoms with Crippen LogP contribution in [0.3, 0.4) is 0 Å². The Morgan fingerprint density at radius 1 is 0.767 bits per heavy atom. The number of aryl methyl sites for hydroxylation is 1. The molecule has 0 aliphatic heterocycles. The summed E-state index contributed by atoms with van der Waals surface area (Å²) in [5.41, 5.74) is 16.8. The summed E-state index contributed by atoms with van der Waals surface area (Å²) in [6.07, 6.45) is 10.3. The second-order valence-electron chi connectivity index (χ2n) is 14.3. The van der Waals surface area contributed by atoms with Gasteiger partial charge in [-0.3, -0.25) is 0 Å². The van der Waals surface area contributed by atoms with E-state index in [1.54, 1.807) is 31.0 Å². The van der Waals surface area contributed by atoms with Crippen molar-refractivity contribution in [3.63, 3.8) is 0 Å². The van der Waals surface area contributed by atoms with E-state index in [4.69, 9.17) is 0 Å². The Bertz CT molecular complexity index is 1690. The predicted octanol–water partition coefficient (Wildman–Crippen LogP) is 11.0. The quantitative estimate of drug-likeness (QED) is 0.197. The van der Waals surface area contributed by atoms with Gasteiger partial charge in [-0.1, -0.05) is 0 Å². The Labute approximate surface area is 271 Å². The minimum absolute atomic E-state index is 0.0602. The normalized spacial score (nSPS) is 15.6. The third kappa shape index (κ3) is 5.83. The van der Waals surface area contributed by atoms with Crippen LogP contribution in [-0.4, -0.2) is 3.21 Å². The topological polar surface area (TPSA) is 0 Å². The van der Waals surface area contributed by atoms with Crippen LogP contribution in [0.4, 0.5) is 0 Å². The molecule has 0 spiro atoms. The van der Waals surface area contributed by atoms with Crippen molar-refractivity contribution < 1.29 is 22.8 Å². The molecule has 4 aromatic rings. The Balaban J connectivity index is 1.73. The fraction of sp³-hybridized carbons (Fsp3) is 0.310. The molecule has 0 aromatic heterocycles. The van der Waals surface area contributed by atoms with Gasteiger partial charge in [-0.2, -0.15) is 0 Å². The molecule has 0 fully saturated rings. The molecule has 0 saturated heterocycles. The van der Waals surface area contributed by atoms with E-state index < -0.39 is 22.8 Å². The number of hydrogen-bond donors (Lipinski definition) is 0. The third-order valence-corrected chi connectivity index (χ3v) is 13.3. The van der Waals surface area contributed by atoms with Gasteiger partial charge in [0, 0.05) is 0 Å². The van der Waals surface area contributed by atoms with Crippen LogP contribution in [0.1, 0.15) is 109 Å². The average Bonchev–Trinajstić information content (AvgIpc) is 3.62. The van der Waals surface area contributed by atoms with E-state index >= 15 is 0 Å². The van der Waals surface area contributed by atoms with Crippen LogP contribution >= 0.6 is 0 Å². The number of allylic oxidation sites excluding steroid dienone is 4. The van der Waals surface area contributed by atoms with Crippen LogP contribution < -0.4 is 0 Å². The van der Waals surface area contributed by atoms with Crippen LogP contribution in [0.15, 0.2) is 103 Å². The molecule has 0 saturated carbocycles. The molecule has 4 aromatic carbocycles. The van der Waals surface area contributed by atoms with Gasteiger partial charge in [-0.15, -0.1) is 0 Å². The van der Waals surface area contributed by atoms with E-state index in [0.29, 0.717) is 3.63 Å². The monoisotopic (exact) mass is 639 g/mol. The van der Waals surface area contributed by atoms with Crippen molar-refractivity contribution in [2.45, 2.75) is 82.2 Å². The number of fused-ring (bicyclic) bond motifs is 3. The summed E-state index contributed by atoms with van der Waals surface area (Å²) in [6.45, 7) is 16.7. The molecule has 2 aliphatic carbocycles. The molecule has 43 heavy (non-hydrogen) atoms. The number of rotatable bonds is 6. The van der Waals surface area contributed by atoms with Crippen LogP contribution in [-0.2, 0) is 40.0 Å². The summed E-state index contributed by atoms with van der Waals surface area (Å²) >= 11 is -1.24. The van der Waals surface area contributed by atoms with Crippen LogP contribution in [0.25, 0.3) is 16.7 Å². The van der Waals surface area contributed by atoms with Crippen molar-refractivity contribution >= 4 is 8.78 Å². The molecule has 6 rings (SSSR count). The molecule has 0 heterocycles. The first-order chi connectivity index (χ1) is 20.6. The van der Waals surface area contributed by atoms with Crippen molar-refractivity contribution in [3.8, 4) is 11.1 Å². The molecule has 1 atom stereocenters. The molecule has 2 aliphatic rings. The molecule has 0 nitrogen and oxygen atoms in total. The number of hydrogen-bond acceptors (Lipinski definition) is 0.